The Bertz CT molecular complexity index is 692. The number of amides is 1. The second-order valence-corrected chi connectivity index (χ2v) is 6.04. The van der Waals surface area contributed by atoms with Gasteiger partial charge in [0.05, 0.1) is 19.8 Å². The molecule has 134 valence electrons. The van der Waals surface area contributed by atoms with Crippen molar-refractivity contribution in [2.24, 2.45) is 0 Å². The van der Waals surface area contributed by atoms with E-state index in [1.54, 1.807) is 23.4 Å². The number of aliphatic hydroxyl groups is 1. The Labute approximate surface area is 144 Å². The van der Waals surface area contributed by atoms with Crippen LogP contribution in [0.3, 0.4) is 0 Å². The van der Waals surface area contributed by atoms with Gasteiger partial charge in [-0.25, -0.2) is 4.39 Å². The predicted octanol–water partition coefficient (Wildman–Crippen LogP) is 0.691. The molecule has 0 unspecified atom stereocenters. The number of rotatable bonds is 5. The van der Waals surface area contributed by atoms with Crippen molar-refractivity contribution in [2.75, 3.05) is 32.9 Å². The minimum Gasteiger partial charge on any atom is -0.490 e. The molecule has 2 aromatic rings. The van der Waals surface area contributed by atoms with Crippen LogP contribution < -0.4 is 4.74 Å². The van der Waals surface area contributed by atoms with Gasteiger partial charge in [-0.15, -0.1) is 0 Å². The van der Waals surface area contributed by atoms with E-state index in [4.69, 9.17) is 9.47 Å². The van der Waals surface area contributed by atoms with Crippen LogP contribution in [0.4, 0.5) is 4.39 Å². The SMILES string of the molecule is O=C(Cn1cccn1)N1CCOC[C@](O)(COc2ccc(F)cc2)C1. The molecule has 25 heavy (non-hydrogen) atoms. The zero-order valence-corrected chi connectivity index (χ0v) is 13.7. The van der Waals surface area contributed by atoms with Gasteiger partial charge in [0.1, 0.15) is 30.3 Å². The fourth-order valence-electron chi connectivity index (χ4n) is 2.60. The minimum atomic E-state index is -1.34. The minimum absolute atomic E-state index is 0.0553. The highest BCUT2D eigenvalue weighted by Crippen LogP contribution is 2.17. The number of benzene rings is 1. The van der Waals surface area contributed by atoms with Gasteiger partial charge in [0.15, 0.2) is 0 Å². The first kappa shape index (κ1) is 17.4. The van der Waals surface area contributed by atoms with Gasteiger partial charge in [-0.1, -0.05) is 0 Å². The number of nitrogens with zero attached hydrogens (tertiary/aromatic N) is 3. The van der Waals surface area contributed by atoms with Crippen LogP contribution in [0.1, 0.15) is 0 Å². The Balaban J connectivity index is 1.61. The van der Waals surface area contributed by atoms with Crippen molar-refractivity contribution in [3.63, 3.8) is 0 Å². The second kappa shape index (κ2) is 7.62. The molecule has 1 aromatic heterocycles. The molecule has 0 spiro atoms. The van der Waals surface area contributed by atoms with Gasteiger partial charge in [-0.3, -0.25) is 9.48 Å². The number of halogens is 1. The van der Waals surface area contributed by atoms with E-state index in [1.165, 1.54) is 28.9 Å². The number of ether oxygens (including phenoxy) is 2. The quantitative estimate of drug-likeness (QED) is 0.860. The van der Waals surface area contributed by atoms with Crippen LogP contribution in [0, 0.1) is 5.82 Å². The maximum absolute atomic E-state index is 12.9. The summed E-state index contributed by atoms with van der Waals surface area (Å²) in [6.45, 7) is 0.906. The van der Waals surface area contributed by atoms with Crippen LogP contribution in [0.2, 0.25) is 0 Å². The molecule has 1 atom stereocenters. The van der Waals surface area contributed by atoms with Gasteiger partial charge in [0.25, 0.3) is 0 Å². The van der Waals surface area contributed by atoms with Gasteiger partial charge in [0.2, 0.25) is 5.91 Å². The summed E-state index contributed by atoms with van der Waals surface area (Å²) in [7, 11) is 0. The molecule has 0 bridgehead atoms. The zero-order chi connectivity index (χ0) is 17.7. The third-order valence-corrected chi connectivity index (χ3v) is 3.89. The first-order chi connectivity index (χ1) is 12.0. The van der Waals surface area contributed by atoms with Crippen molar-refractivity contribution in [3.05, 3.63) is 48.5 Å². The molecule has 7 nitrogen and oxygen atoms in total. The average Bonchev–Trinajstić information content (AvgIpc) is 3.02. The highest BCUT2D eigenvalue weighted by Gasteiger charge is 2.35. The summed E-state index contributed by atoms with van der Waals surface area (Å²) in [4.78, 5) is 14.0. The zero-order valence-electron chi connectivity index (χ0n) is 13.7. The number of carbonyl (C=O) groups is 1. The number of hydrogen-bond acceptors (Lipinski definition) is 5. The third kappa shape index (κ3) is 4.77. The molecule has 1 aliphatic rings. The summed E-state index contributed by atoms with van der Waals surface area (Å²) >= 11 is 0. The lowest BCUT2D eigenvalue weighted by atomic mass is 10.1. The molecule has 8 heteroatoms. The van der Waals surface area contributed by atoms with Gasteiger partial charge >= 0.3 is 0 Å². The maximum Gasteiger partial charge on any atom is 0.244 e. The van der Waals surface area contributed by atoms with Crippen LogP contribution in [0.5, 0.6) is 5.75 Å². The van der Waals surface area contributed by atoms with E-state index in [2.05, 4.69) is 5.10 Å². The van der Waals surface area contributed by atoms with Crippen LogP contribution in [-0.4, -0.2) is 64.2 Å². The Morgan fingerprint density at radius 3 is 2.92 bits per heavy atom. The van der Waals surface area contributed by atoms with E-state index in [9.17, 15) is 14.3 Å². The Morgan fingerprint density at radius 1 is 1.40 bits per heavy atom. The van der Waals surface area contributed by atoms with E-state index < -0.39 is 5.60 Å². The molecule has 1 amide bonds. The second-order valence-electron chi connectivity index (χ2n) is 6.04. The fourth-order valence-corrected chi connectivity index (χ4v) is 2.60. The van der Waals surface area contributed by atoms with Crippen molar-refractivity contribution in [1.82, 2.24) is 14.7 Å². The van der Waals surface area contributed by atoms with E-state index in [0.717, 1.165) is 0 Å². The number of β-amino-alcohol motifs (C(OH)–C–C–N with tert-alkyl or cyclic N) is 1. The summed E-state index contributed by atoms with van der Waals surface area (Å²) in [5.41, 5.74) is -1.34. The van der Waals surface area contributed by atoms with Crippen LogP contribution in [-0.2, 0) is 16.1 Å². The van der Waals surface area contributed by atoms with Crippen LogP contribution in [0.25, 0.3) is 0 Å². The van der Waals surface area contributed by atoms with E-state index in [-0.39, 0.29) is 38.0 Å². The van der Waals surface area contributed by atoms with Crippen molar-refractivity contribution in [3.8, 4) is 5.75 Å². The van der Waals surface area contributed by atoms with Crippen molar-refractivity contribution in [2.45, 2.75) is 12.1 Å². The molecule has 1 N–H and O–H groups in total. The van der Waals surface area contributed by atoms with Gasteiger partial charge in [-0.2, -0.15) is 5.10 Å². The third-order valence-electron chi connectivity index (χ3n) is 3.89. The van der Waals surface area contributed by atoms with Crippen LogP contribution >= 0.6 is 0 Å². The summed E-state index contributed by atoms with van der Waals surface area (Å²) in [6, 6.07) is 7.27. The van der Waals surface area contributed by atoms with E-state index in [0.29, 0.717) is 18.9 Å². The van der Waals surface area contributed by atoms with Crippen molar-refractivity contribution >= 4 is 5.91 Å². The molecule has 0 aliphatic carbocycles. The van der Waals surface area contributed by atoms with Gasteiger partial charge in [-0.05, 0) is 30.3 Å². The lowest BCUT2D eigenvalue weighted by molar-refractivity contribution is -0.135. The molecule has 0 radical (unpaired) electrons. The Hall–Kier alpha value is -2.45. The first-order valence-corrected chi connectivity index (χ1v) is 7.98. The average molecular weight is 349 g/mol. The highest BCUT2D eigenvalue weighted by atomic mass is 19.1. The van der Waals surface area contributed by atoms with Crippen molar-refractivity contribution < 1.29 is 23.8 Å². The summed E-state index contributed by atoms with van der Waals surface area (Å²) in [6.07, 6.45) is 3.31. The van der Waals surface area contributed by atoms with E-state index >= 15 is 0 Å². The normalized spacial score (nSPS) is 21.0. The van der Waals surface area contributed by atoms with Crippen LogP contribution in [0.15, 0.2) is 42.7 Å². The smallest absolute Gasteiger partial charge is 0.244 e. The molecular formula is C17H20FN3O4. The Kier molecular flexibility index (Phi) is 5.30. The van der Waals surface area contributed by atoms with E-state index in [1.807, 2.05) is 0 Å². The van der Waals surface area contributed by atoms with Crippen molar-refractivity contribution in [1.29, 1.82) is 0 Å². The maximum atomic E-state index is 12.9. The topological polar surface area (TPSA) is 76.8 Å². The molecule has 3 rings (SSSR count). The molecule has 1 aromatic carbocycles. The van der Waals surface area contributed by atoms with Gasteiger partial charge in [0, 0.05) is 18.9 Å². The fraction of sp³-hybridized carbons (Fsp3) is 0.412. The standard InChI is InChI=1S/C17H20FN3O4/c18-14-2-4-15(5-3-14)25-13-17(23)11-20(8-9-24-12-17)16(22)10-21-7-1-6-19-21/h1-7,23H,8-13H2/t17-/m0/s1. The lowest BCUT2D eigenvalue weighted by Crippen LogP contribution is -2.50. The molecule has 2 heterocycles. The molecule has 1 fully saturated rings. The summed E-state index contributed by atoms with van der Waals surface area (Å²) < 4.78 is 25.4. The monoisotopic (exact) mass is 349 g/mol. The molecule has 0 saturated carbocycles. The van der Waals surface area contributed by atoms with Gasteiger partial charge < -0.3 is 19.5 Å². The summed E-state index contributed by atoms with van der Waals surface area (Å²) in [5.74, 6) is -0.0813. The Morgan fingerprint density at radius 2 is 2.20 bits per heavy atom. The molecule has 1 aliphatic heterocycles. The molecule has 1 saturated heterocycles. The number of aromatic nitrogens is 2. The predicted molar refractivity (Wildman–Crippen MR) is 86.5 cm³/mol. The highest BCUT2D eigenvalue weighted by molar-refractivity contribution is 5.76. The summed E-state index contributed by atoms with van der Waals surface area (Å²) in [5, 5.41) is 14.8. The number of hydrogen-bond donors (Lipinski definition) is 1. The number of carbonyl (C=O) groups excluding carboxylic acids is 1. The first-order valence-electron chi connectivity index (χ1n) is 7.98. The largest absolute Gasteiger partial charge is 0.490 e. The molecular weight excluding hydrogens is 329 g/mol. The lowest BCUT2D eigenvalue weighted by Gasteiger charge is -2.30.